The summed E-state index contributed by atoms with van der Waals surface area (Å²) in [5.74, 6) is -0.750. The predicted octanol–water partition coefficient (Wildman–Crippen LogP) is 2.25. The van der Waals surface area contributed by atoms with Crippen molar-refractivity contribution in [1.29, 1.82) is 0 Å². The van der Waals surface area contributed by atoms with Crippen LogP contribution in [0.15, 0.2) is 47.4 Å². The summed E-state index contributed by atoms with van der Waals surface area (Å²) >= 11 is 6.03. The molecule has 2 aromatic carbocycles. The lowest BCUT2D eigenvalue weighted by molar-refractivity contribution is -0.118. The first-order valence-electron chi connectivity index (χ1n) is 7.49. The Kier molecular flexibility index (Phi) is 6.23. The van der Waals surface area contributed by atoms with E-state index in [1.807, 2.05) is 0 Å². The number of rotatable bonds is 7. The molecule has 7 nitrogen and oxygen atoms in total. The molecular weight excluding hydrogens is 380 g/mol. The van der Waals surface area contributed by atoms with Crippen LogP contribution in [0, 0.1) is 0 Å². The summed E-state index contributed by atoms with van der Waals surface area (Å²) in [5, 5.41) is 2.74. The Morgan fingerprint density at radius 1 is 1.19 bits per heavy atom. The van der Waals surface area contributed by atoms with Gasteiger partial charge in [0.2, 0.25) is 5.91 Å². The highest BCUT2D eigenvalue weighted by Crippen LogP contribution is 2.26. The number of carbonyl (C=O) groups excluding carboxylic acids is 2. The Labute approximate surface area is 156 Å². The van der Waals surface area contributed by atoms with Gasteiger partial charge in [-0.3, -0.25) is 9.59 Å². The maximum Gasteiger partial charge on any atom is 0.257 e. The molecule has 0 aliphatic rings. The zero-order chi connectivity index (χ0) is 19.3. The highest BCUT2D eigenvalue weighted by molar-refractivity contribution is 7.90. The average Bonchev–Trinajstić information content (AvgIpc) is 2.55. The maximum atomic E-state index is 12.5. The highest BCUT2D eigenvalue weighted by Gasteiger charge is 2.17. The van der Waals surface area contributed by atoms with E-state index in [9.17, 15) is 18.0 Å². The van der Waals surface area contributed by atoms with Gasteiger partial charge in [-0.1, -0.05) is 23.7 Å². The lowest BCUT2D eigenvalue weighted by atomic mass is 10.2. The second-order valence-corrected chi connectivity index (χ2v) is 7.85. The number of ether oxygens (including phenoxy) is 1. The molecule has 0 saturated carbocycles. The number of amides is 2. The smallest absolute Gasteiger partial charge is 0.257 e. The Hall–Kier alpha value is -2.58. The van der Waals surface area contributed by atoms with Crippen molar-refractivity contribution in [3.8, 4) is 5.75 Å². The van der Waals surface area contributed by atoms with Crippen molar-refractivity contribution in [2.24, 2.45) is 5.73 Å². The van der Waals surface area contributed by atoms with E-state index in [4.69, 9.17) is 22.1 Å². The standard InChI is InChI=1S/C17H17ClN2O5S/c1-26(23,24)11-6-7-13(18)12(10-11)17(22)20-14-4-2-3-5-15(14)25-9-8-16(19)21/h2-7,10H,8-9H2,1H3,(H2,19,21)(H,20,22). The van der Waals surface area contributed by atoms with E-state index in [2.05, 4.69) is 5.32 Å². The summed E-state index contributed by atoms with van der Waals surface area (Å²) in [6, 6.07) is 10.5. The van der Waals surface area contributed by atoms with Crippen LogP contribution in [0.4, 0.5) is 5.69 Å². The van der Waals surface area contributed by atoms with Gasteiger partial charge in [-0.15, -0.1) is 0 Å². The van der Waals surface area contributed by atoms with Crippen molar-refractivity contribution in [1.82, 2.24) is 0 Å². The number of benzene rings is 2. The number of hydrogen-bond acceptors (Lipinski definition) is 5. The van der Waals surface area contributed by atoms with Gasteiger partial charge in [-0.25, -0.2) is 8.42 Å². The minimum Gasteiger partial charge on any atom is -0.491 e. The van der Waals surface area contributed by atoms with E-state index in [-0.39, 0.29) is 28.5 Å². The van der Waals surface area contributed by atoms with Crippen LogP contribution in [0.25, 0.3) is 0 Å². The van der Waals surface area contributed by atoms with Crippen molar-refractivity contribution in [3.05, 3.63) is 53.1 Å². The van der Waals surface area contributed by atoms with Crippen LogP contribution in [-0.2, 0) is 14.6 Å². The zero-order valence-electron chi connectivity index (χ0n) is 13.9. The average molecular weight is 397 g/mol. The second-order valence-electron chi connectivity index (χ2n) is 5.43. The third-order valence-corrected chi connectivity index (χ3v) is 4.79. The van der Waals surface area contributed by atoms with Crippen LogP contribution in [0.2, 0.25) is 5.02 Å². The van der Waals surface area contributed by atoms with Crippen LogP contribution in [0.5, 0.6) is 5.75 Å². The molecule has 2 aromatic rings. The Bertz CT molecular complexity index is 944. The maximum absolute atomic E-state index is 12.5. The summed E-state index contributed by atoms with van der Waals surface area (Å²) in [5.41, 5.74) is 5.43. The topological polar surface area (TPSA) is 116 Å². The van der Waals surface area contributed by atoms with E-state index in [0.717, 1.165) is 6.26 Å². The second kappa shape index (κ2) is 8.20. The Morgan fingerprint density at radius 3 is 2.54 bits per heavy atom. The molecular formula is C17H17ClN2O5S. The summed E-state index contributed by atoms with van der Waals surface area (Å²) in [4.78, 5) is 23.3. The molecule has 0 saturated heterocycles. The van der Waals surface area contributed by atoms with Gasteiger partial charge in [0, 0.05) is 6.26 Å². The number of primary amides is 1. The number of carbonyl (C=O) groups is 2. The number of hydrogen-bond donors (Lipinski definition) is 2. The van der Waals surface area contributed by atoms with Crippen molar-refractivity contribution in [2.75, 3.05) is 18.2 Å². The van der Waals surface area contributed by atoms with Gasteiger partial charge >= 0.3 is 0 Å². The molecule has 0 radical (unpaired) electrons. The fraction of sp³-hybridized carbons (Fsp3) is 0.176. The van der Waals surface area contributed by atoms with Gasteiger partial charge in [0.15, 0.2) is 9.84 Å². The van der Waals surface area contributed by atoms with Crippen LogP contribution < -0.4 is 15.8 Å². The molecule has 26 heavy (non-hydrogen) atoms. The number of nitrogens with one attached hydrogen (secondary N) is 1. The van der Waals surface area contributed by atoms with Gasteiger partial charge in [-0.05, 0) is 30.3 Å². The SMILES string of the molecule is CS(=O)(=O)c1ccc(Cl)c(C(=O)Nc2ccccc2OCCC(N)=O)c1. The van der Waals surface area contributed by atoms with E-state index in [1.54, 1.807) is 24.3 Å². The third kappa shape index (κ3) is 5.21. The molecule has 0 bridgehead atoms. The molecule has 0 aromatic heterocycles. The molecule has 0 atom stereocenters. The van der Waals surface area contributed by atoms with Gasteiger partial charge in [-0.2, -0.15) is 0 Å². The summed E-state index contributed by atoms with van der Waals surface area (Å²) in [6.07, 6.45) is 1.07. The van der Waals surface area contributed by atoms with Crippen LogP contribution >= 0.6 is 11.6 Å². The quantitative estimate of drug-likeness (QED) is 0.744. The number of nitrogens with two attached hydrogens (primary N) is 1. The van der Waals surface area contributed by atoms with Crippen LogP contribution in [0.1, 0.15) is 16.8 Å². The normalized spacial score (nSPS) is 11.0. The van der Waals surface area contributed by atoms with E-state index >= 15 is 0 Å². The van der Waals surface area contributed by atoms with Gasteiger partial charge in [0.25, 0.3) is 5.91 Å². The van der Waals surface area contributed by atoms with Crippen LogP contribution in [0.3, 0.4) is 0 Å². The first kappa shape index (κ1) is 19.7. The molecule has 9 heteroatoms. The molecule has 0 heterocycles. The molecule has 0 aliphatic carbocycles. The summed E-state index contributed by atoms with van der Waals surface area (Å²) in [6.45, 7) is 0.0620. The summed E-state index contributed by atoms with van der Waals surface area (Å²) in [7, 11) is -3.48. The van der Waals surface area contributed by atoms with Gasteiger partial charge in [0.05, 0.1) is 34.2 Å². The zero-order valence-corrected chi connectivity index (χ0v) is 15.4. The van der Waals surface area contributed by atoms with Crippen molar-refractivity contribution < 1.29 is 22.7 Å². The number of sulfone groups is 1. The number of para-hydroxylation sites is 2. The highest BCUT2D eigenvalue weighted by atomic mass is 35.5. The fourth-order valence-electron chi connectivity index (χ4n) is 2.06. The van der Waals surface area contributed by atoms with Gasteiger partial charge < -0.3 is 15.8 Å². The molecule has 0 aliphatic heterocycles. The first-order chi connectivity index (χ1) is 12.2. The molecule has 138 valence electrons. The number of halogens is 1. The number of anilines is 1. The fourth-order valence-corrected chi connectivity index (χ4v) is 2.91. The Balaban J connectivity index is 2.24. The van der Waals surface area contributed by atoms with E-state index < -0.39 is 21.7 Å². The van der Waals surface area contributed by atoms with Crippen LogP contribution in [-0.4, -0.2) is 33.1 Å². The van der Waals surface area contributed by atoms with Crippen molar-refractivity contribution >= 4 is 38.9 Å². The molecule has 0 fully saturated rings. The van der Waals surface area contributed by atoms with Crippen molar-refractivity contribution in [3.63, 3.8) is 0 Å². The predicted molar refractivity (Wildman–Crippen MR) is 98.3 cm³/mol. The molecule has 2 amide bonds. The molecule has 0 unspecified atom stereocenters. The molecule has 2 rings (SSSR count). The van der Waals surface area contributed by atoms with E-state index in [1.165, 1.54) is 18.2 Å². The largest absolute Gasteiger partial charge is 0.491 e. The van der Waals surface area contributed by atoms with Gasteiger partial charge in [0.1, 0.15) is 5.75 Å². The third-order valence-electron chi connectivity index (χ3n) is 3.35. The lowest BCUT2D eigenvalue weighted by Gasteiger charge is -2.13. The molecule has 0 spiro atoms. The first-order valence-corrected chi connectivity index (χ1v) is 9.76. The molecule has 3 N–H and O–H groups in total. The monoisotopic (exact) mass is 396 g/mol. The van der Waals surface area contributed by atoms with Crippen molar-refractivity contribution in [2.45, 2.75) is 11.3 Å². The Morgan fingerprint density at radius 2 is 1.88 bits per heavy atom. The lowest BCUT2D eigenvalue weighted by Crippen LogP contribution is -2.16. The minimum atomic E-state index is -3.48. The van der Waals surface area contributed by atoms with E-state index in [0.29, 0.717) is 11.4 Å². The minimum absolute atomic E-state index is 0.0153. The summed E-state index contributed by atoms with van der Waals surface area (Å²) < 4.78 is 28.8.